The minimum atomic E-state index is -4.56. The molecule has 0 radical (unpaired) electrons. The van der Waals surface area contributed by atoms with Crippen molar-refractivity contribution in [1.82, 2.24) is 0 Å². The Morgan fingerprint density at radius 1 is 1.00 bits per heavy atom. The molecular weight excluding hydrogens is 385 g/mol. The van der Waals surface area contributed by atoms with Crippen molar-refractivity contribution in [1.29, 1.82) is 0 Å². The van der Waals surface area contributed by atoms with Gasteiger partial charge in [-0.15, -0.1) is 0 Å². The lowest BCUT2D eigenvalue weighted by Gasteiger charge is -2.12. The van der Waals surface area contributed by atoms with E-state index < -0.39 is 33.6 Å². The standard InChI is InChI=1S/C18H15F3O5S/c1-12-3-9-15(10-4-12)27(23,24)26-16(11-17(22)25-2)13-5-7-14(8-6-13)18(19,20)21/h3-11H,1-2H3/b16-11-. The summed E-state index contributed by atoms with van der Waals surface area (Å²) in [7, 11) is -3.25. The van der Waals surface area contributed by atoms with Crippen LogP contribution in [0.1, 0.15) is 16.7 Å². The predicted octanol–water partition coefficient (Wildman–Crippen LogP) is 3.93. The van der Waals surface area contributed by atoms with Gasteiger partial charge in [0.1, 0.15) is 4.90 Å². The molecule has 0 N–H and O–H groups in total. The van der Waals surface area contributed by atoms with Crippen molar-refractivity contribution in [3.63, 3.8) is 0 Å². The van der Waals surface area contributed by atoms with Gasteiger partial charge in [-0.1, -0.05) is 29.8 Å². The van der Waals surface area contributed by atoms with Crippen LogP contribution in [0.5, 0.6) is 0 Å². The highest BCUT2D eigenvalue weighted by Crippen LogP contribution is 2.31. The van der Waals surface area contributed by atoms with Gasteiger partial charge in [0.25, 0.3) is 0 Å². The highest BCUT2D eigenvalue weighted by Gasteiger charge is 2.30. The summed E-state index contributed by atoms with van der Waals surface area (Å²) in [4.78, 5) is 11.4. The average Bonchev–Trinajstić information content (AvgIpc) is 2.60. The third-order valence-corrected chi connectivity index (χ3v) is 4.70. The van der Waals surface area contributed by atoms with E-state index >= 15 is 0 Å². The number of carbonyl (C=O) groups excluding carboxylic acids is 1. The molecule has 0 saturated heterocycles. The second-order valence-corrected chi connectivity index (χ2v) is 7.00. The highest BCUT2D eigenvalue weighted by molar-refractivity contribution is 7.87. The molecule has 0 saturated carbocycles. The quantitative estimate of drug-likeness (QED) is 0.329. The number of carbonyl (C=O) groups is 1. The SMILES string of the molecule is COC(=O)/C=C(\OS(=O)(=O)c1ccc(C)cc1)c1ccc(C(F)(F)F)cc1. The lowest BCUT2D eigenvalue weighted by molar-refractivity contribution is -0.137. The average molecular weight is 400 g/mol. The molecular formula is C18H15F3O5S. The first kappa shape index (κ1) is 20.5. The Balaban J connectivity index is 2.42. The van der Waals surface area contributed by atoms with Crippen LogP contribution in [0, 0.1) is 6.92 Å². The zero-order valence-electron chi connectivity index (χ0n) is 14.3. The second-order valence-electron chi connectivity index (χ2n) is 5.46. The van der Waals surface area contributed by atoms with Crippen LogP contribution in [0.4, 0.5) is 13.2 Å². The minimum absolute atomic E-state index is 0.0379. The Bertz CT molecular complexity index is 944. The Morgan fingerprint density at radius 3 is 2.04 bits per heavy atom. The summed E-state index contributed by atoms with van der Waals surface area (Å²) in [6.45, 7) is 1.77. The Morgan fingerprint density at radius 2 is 1.56 bits per heavy atom. The van der Waals surface area contributed by atoms with Gasteiger partial charge in [0.05, 0.1) is 18.7 Å². The molecule has 0 aliphatic carbocycles. The van der Waals surface area contributed by atoms with Crippen LogP contribution in [0.3, 0.4) is 0 Å². The van der Waals surface area contributed by atoms with E-state index in [2.05, 4.69) is 4.74 Å². The van der Waals surface area contributed by atoms with Crippen molar-refractivity contribution in [2.45, 2.75) is 18.0 Å². The Kier molecular flexibility index (Phi) is 5.94. The molecule has 2 aromatic rings. The number of rotatable bonds is 5. The fourth-order valence-electron chi connectivity index (χ4n) is 2.02. The van der Waals surface area contributed by atoms with Crippen LogP contribution in [-0.4, -0.2) is 21.5 Å². The summed E-state index contributed by atoms with van der Waals surface area (Å²) in [6.07, 6.45) is -3.81. The largest absolute Gasteiger partial charge is 0.466 e. The number of esters is 1. The summed E-state index contributed by atoms with van der Waals surface area (Å²) in [5.74, 6) is -1.39. The number of aryl methyl sites for hydroxylation is 1. The third-order valence-electron chi connectivity index (χ3n) is 3.46. The molecule has 0 aliphatic rings. The minimum Gasteiger partial charge on any atom is -0.466 e. The molecule has 0 heterocycles. The molecule has 0 aromatic heterocycles. The number of alkyl halides is 3. The first-order valence-corrected chi connectivity index (χ1v) is 8.92. The number of hydrogen-bond acceptors (Lipinski definition) is 5. The molecule has 0 atom stereocenters. The maximum atomic E-state index is 12.7. The first-order chi connectivity index (χ1) is 12.5. The molecule has 144 valence electrons. The lowest BCUT2D eigenvalue weighted by Crippen LogP contribution is -2.09. The molecule has 0 amide bonds. The Hall–Kier alpha value is -2.81. The number of benzene rings is 2. The van der Waals surface area contributed by atoms with E-state index in [1.165, 1.54) is 12.1 Å². The van der Waals surface area contributed by atoms with Crippen molar-refractivity contribution in [3.8, 4) is 0 Å². The topological polar surface area (TPSA) is 69.7 Å². The van der Waals surface area contributed by atoms with Crippen LogP contribution in [0.15, 0.2) is 59.5 Å². The lowest BCUT2D eigenvalue weighted by atomic mass is 10.1. The predicted molar refractivity (Wildman–Crippen MR) is 90.9 cm³/mol. The van der Waals surface area contributed by atoms with E-state index in [4.69, 9.17) is 4.18 Å². The molecule has 0 aliphatic heterocycles. The number of hydrogen-bond donors (Lipinski definition) is 0. The number of halogens is 3. The summed E-state index contributed by atoms with van der Waals surface area (Å²) >= 11 is 0. The van der Waals surface area contributed by atoms with Crippen LogP contribution in [0.25, 0.3) is 5.76 Å². The summed E-state index contributed by atoms with van der Waals surface area (Å²) in [5, 5.41) is 0. The zero-order valence-corrected chi connectivity index (χ0v) is 15.1. The van der Waals surface area contributed by atoms with Gasteiger partial charge in [-0.25, -0.2) is 4.79 Å². The Labute approximate surface area is 154 Å². The number of ether oxygens (including phenoxy) is 1. The maximum absolute atomic E-state index is 12.7. The molecule has 9 heteroatoms. The fourth-order valence-corrected chi connectivity index (χ4v) is 2.96. The molecule has 0 spiro atoms. The van der Waals surface area contributed by atoms with Gasteiger partial charge in [-0.2, -0.15) is 21.6 Å². The van der Waals surface area contributed by atoms with E-state index in [1.807, 2.05) is 0 Å². The van der Waals surface area contributed by atoms with Crippen LogP contribution < -0.4 is 0 Å². The van der Waals surface area contributed by atoms with Crippen molar-refractivity contribution in [2.24, 2.45) is 0 Å². The summed E-state index contributed by atoms with van der Waals surface area (Å²) in [6, 6.07) is 9.24. The monoisotopic (exact) mass is 400 g/mol. The molecule has 5 nitrogen and oxygen atoms in total. The summed E-state index contributed by atoms with van der Waals surface area (Å²) < 4.78 is 72.4. The maximum Gasteiger partial charge on any atom is 0.416 e. The van der Waals surface area contributed by atoms with Crippen molar-refractivity contribution in [3.05, 3.63) is 71.3 Å². The van der Waals surface area contributed by atoms with Crippen molar-refractivity contribution >= 4 is 21.8 Å². The molecule has 2 rings (SSSR count). The normalized spacial score (nSPS) is 12.6. The van der Waals surface area contributed by atoms with Crippen LogP contribution in [-0.2, 0) is 30.0 Å². The molecule has 2 aromatic carbocycles. The van der Waals surface area contributed by atoms with E-state index in [1.54, 1.807) is 19.1 Å². The van der Waals surface area contributed by atoms with Gasteiger partial charge >= 0.3 is 22.3 Å². The molecule has 0 bridgehead atoms. The molecule has 0 fully saturated rings. The van der Waals surface area contributed by atoms with Gasteiger partial charge in [0.15, 0.2) is 5.76 Å². The van der Waals surface area contributed by atoms with Gasteiger partial charge in [0.2, 0.25) is 0 Å². The van der Waals surface area contributed by atoms with Gasteiger partial charge in [-0.3, -0.25) is 0 Å². The van der Waals surface area contributed by atoms with Crippen LogP contribution in [0.2, 0.25) is 0 Å². The highest BCUT2D eigenvalue weighted by atomic mass is 32.2. The smallest absolute Gasteiger partial charge is 0.416 e. The van der Waals surface area contributed by atoms with E-state index in [-0.39, 0.29) is 10.5 Å². The van der Waals surface area contributed by atoms with Gasteiger partial charge < -0.3 is 8.92 Å². The van der Waals surface area contributed by atoms with E-state index in [0.717, 1.165) is 43.0 Å². The molecule has 0 unspecified atom stereocenters. The summed E-state index contributed by atoms with van der Waals surface area (Å²) in [5.41, 5.74) is -0.142. The number of methoxy groups -OCH3 is 1. The van der Waals surface area contributed by atoms with E-state index in [0.29, 0.717) is 0 Å². The van der Waals surface area contributed by atoms with Gasteiger partial charge in [0, 0.05) is 5.56 Å². The third kappa shape index (κ3) is 5.33. The first-order valence-electron chi connectivity index (χ1n) is 7.51. The van der Waals surface area contributed by atoms with E-state index in [9.17, 15) is 26.4 Å². The second kappa shape index (κ2) is 7.83. The van der Waals surface area contributed by atoms with Crippen molar-refractivity contribution < 1.29 is 35.3 Å². The van der Waals surface area contributed by atoms with Crippen LogP contribution >= 0.6 is 0 Å². The van der Waals surface area contributed by atoms with Crippen molar-refractivity contribution in [2.75, 3.05) is 7.11 Å². The molecule has 27 heavy (non-hydrogen) atoms. The zero-order chi connectivity index (χ0) is 20.2. The fraction of sp³-hybridized carbons (Fsp3) is 0.167. The van der Waals surface area contributed by atoms with Gasteiger partial charge in [-0.05, 0) is 31.2 Å².